The van der Waals surface area contributed by atoms with Gasteiger partial charge in [-0.25, -0.2) is 0 Å². The highest BCUT2D eigenvalue weighted by Gasteiger charge is 2.23. The molecule has 2 heterocycles. The van der Waals surface area contributed by atoms with E-state index in [-0.39, 0.29) is 10.6 Å². The summed E-state index contributed by atoms with van der Waals surface area (Å²) in [5, 5.41) is 14.4. The fraction of sp³-hybridized carbons (Fsp3) is 0.421. The second-order valence-corrected chi connectivity index (χ2v) is 6.57. The number of aromatic nitrogens is 1. The normalized spacial score (nSPS) is 17.3. The van der Waals surface area contributed by atoms with Gasteiger partial charge in [0.25, 0.3) is 5.69 Å². The van der Waals surface area contributed by atoms with Crippen LogP contribution in [0.15, 0.2) is 48.8 Å². The number of hydrogen-bond donors (Lipinski definition) is 1. The Morgan fingerprint density at radius 3 is 2.68 bits per heavy atom. The number of nitrogens with one attached hydrogen (secondary N) is 1. The largest absolute Gasteiger partial charge is 0.310 e. The van der Waals surface area contributed by atoms with E-state index in [4.69, 9.17) is 0 Å². The average molecular weight is 340 g/mol. The van der Waals surface area contributed by atoms with Crippen molar-refractivity contribution in [1.82, 2.24) is 15.2 Å². The molecule has 1 atom stereocenters. The Hall–Kier alpha value is -2.31. The van der Waals surface area contributed by atoms with E-state index >= 15 is 0 Å². The van der Waals surface area contributed by atoms with Crippen molar-refractivity contribution in [1.29, 1.82) is 0 Å². The Balaban J connectivity index is 1.48. The zero-order chi connectivity index (χ0) is 17.6. The molecule has 1 aliphatic rings. The van der Waals surface area contributed by atoms with Crippen molar-refractivity contribution in [3.8, 4) is 0 Å². The average Bonchev–Trinajstić information content (AvgIpc) is 2.67. The Bertz CT molecular complexity index is 700. The van der Waals surface area contributed by atoms with Crippen molar-refractivity contribution < 1.29 is 4.92 Å². The van der Waals surface area contributed by atoms with Gasteiger partial charge in [0, 0.05) is 56.2 Å². The van der Waals surface area contributed by atoms with Crippen LogP contribution in [0.1, 0.15) is 36.9 Å². The molecule has 132 valence electrons. The van der Waals surface area contributed by atoms with Gasteiger partial charge in [0.1, 0.15) is 0 Å². The van der Waals surface area contributed by atoms with Gasteiger partial charge in [-0.2, -0.15) is 0 Å². The highest BCUT2D eigenvalue weighted by atomic mass is 16.6. The predicted octanol–water partition coefficient (Wildman–Crippen LogP) is 3.31. The van der Waals surface area contributed by atoms with Gasteiger partial charge in [0.2, 0.25) is 0 Å². The molecule has 2 aromatic rings. The molecular formula is C19H24N4O2. The van der Waals surface area contributed by atoms with Crippen LogP contribution in [0.4, 0.5) is 5.69 Å². The van der Waals surface area contributed by atoms with Crippen molar-refractivity contribution >= 4 is 5.69 Å². The van der Waals surface area contributed by atoms with Gasteiger partial charge in [0.05, 0.1) is 4.92 Å². The van der Waals surface area contributed by atoms with Crippen LogP contribution in [-0.2, 0) is 6.54 Å². The van der Waals surface area contributed by atoms with Crippen LogP contribution >= 0.6 is 0 Å². The minimum Gasteiger partial charge on any atom is -0.310 e. The van der Waals surface area contributed by atoms with Gasteiger partial charge in [-0.3, -0.25) is 20.0 Å². The van der Waals surface area contributed by atoms with E-state index in [0.29, 0.717) is 18.6 Å². The number of nitrogens with zero attached hydrogens (tertiary/aromatic N) is 3. The molecule has 6 nitrogen and oxygen atoms in total. The molecule has 1 aromatic carbocycles. The zero-order valence-corrected chi connectivity index (χ0v) is 14.5. The van der Waals surface area contributed by atoms with E-state index in [2.05, 4.69) is 34.3 Å². The summed E-state index contributed by atoms with van der Waals surface area (Å²) in [5.74, 6) is 0. The molecule has 1 saturated heterocycles. The maximum absolute atomic E-state index is 10.9. The van der Waals surface area contributed by atoms with E-state index < -0.39 is 0 Å². The van der Waals surface area contributed by atoms with Gasteiger partial charge in [0.15, 0.2) is 0 Å². The van der Waals surface area contributed by atoms with Crippen LogP contribution in [0.3, 0.4) is 0 Å². The molecule has 1 aliphatic heterocycles. The molecule has 0 radical (unpaired) electrons. The number of rotatable bonds is 6. The first-order valence-corrected chi connectivity index (χ1v) is 8.74. The molecule has 0 spiro atoms. The van der Waals surface area contributed by atoms with Gasteiger partial charge < -0.3 is 5.32 Å². The van der Waals surface area contributed by atoms with Crippen molar-refractivity contribution in [3.05, 3.63) is 70.0 Å². The summed E-state index contributed by atoms with van der Waals surface area (Å²) in [4.78, 5) is 17.1. The molecule has 0 unspecified atom stereocenters. The number of hydrogen-bond acceptors (Lipinski definition) is 5. The van der Waals surface area contributed by atoms with E-state index in [1.165, 1.54) is 11.6 Å². The summed E-state index contributed by atoms with van der Waals surface area (Å²) in [6.07, 6.45) is 5.87. The number of benzene rings is 1. The van der Waals surface area contributed by atoms with Crippen LogP contribution in [-0.4, -0.2) is 33.9 Å². The molecule has 25 heavy (non-hydrogen) atoms. The van der Waals surface area contributed by atoms with Crippen LogP contribution in [0, 0.1) is 10.1 Å². The summed E-state index contributed by atoms with van der Waals surface area (Å²) in [7, 11) is 0. The molecule has 3 rings (SSSR count). The standard InChI is InChI=1S/C19H24N4O2/c1-15(17-5-9-20-10-6-17)22-11-7-18(8-12-22)21-14-16-3-2-4-19(13-16)23(24)25/h2-6,9-10,13,15,18,21H,7-8,11-12,14H2,1H3/t15-/m1/s1. The lowest BCUT2D eigenvalue weighted by Crippen LogP contribution is -2.43. The summed E-state index contributed by atoms with van der Waals surface area (Å²) < 4.78 is 0. The summed E-state index contributed by atoms with van der Waals surface area (Å²) in [5.41, 5.74) is 2.42. The second kappa shape index (κ2) is 8.18. The third kappa shape index (κ3) is 4.61. The number of likely N-dealkylation sites (tertiary alicyclic amines) is 1. The lowest BCUT2D eigenvalue weighted by atomic mass is 10.0. The molecule has 0 amide bonds. The number of non-ortho nitro benzene ring substituents is 1. The topological polar surface area (TPSA) is 71.3 Å². The van der Waals surface area contributed by atoms with Crippen molar-refractivity contribution in [2.45, 2.75) is 38.4 Å². The van der Waals surface area contributed by atoms with Gasteiger partial charge in [-0.15, -0.1) is 0 Å². The Morgan fingerprint density at radius 1 is 1.28 bits per heavy atom. The summed E-state index contributed by atoms with van der Waals surface area (Å²) >= 11 is 0. The molecule has 0 bridgehead atoms. The fourth-order valence-electron chi connectivity index (χ4n) is 3.39. The first-order chi connectivity index (χ1) is 12.1. The third-order valence-electron chi connectivity index (χ3n) is 4.98. The number of nitro groups is 1. The maximum atomic E-state index is 10.9. The van der Waals surface area contributed by atoms with E-state index in [1.54, 1.807) is 12.1 Å². The van der Waals surface area contributed by atoms with E-state index in [1.807, 2.05) is 18.5 Å². The second-order valence-electron chi connectivity index (χ2n) is 6.57. The van der Waals surface area contributed by atoms with Gasteiger partial charge in [-0.1, -0.05) is 12.1 Å². The minimum atomic E-state index is -0.345. The number of piperidine rings is 1. The Labute approximate surface area is 148 Å². The lowest BCUT2D eigenvalue weighted by Gasteiger charge is -2.36. The van der Waals surface area contributed by atoms with Crippen LogP contribution < -0.4 is 5.32 Å². The highest BCUT2D eigenvalue weighted by Crippen LogP contribution is 2.24. The first-order valence-electron chi connectivity index (χ1n) is 8.74. The molecular weight excluding hydrogens is 316 g/mol. The monoisotopic (exact) mass is 340 g/mol. The highest BCUT2D eigenvalue weighted by molar-refractivity contribution is 5.34. The SMILES string of the molecule is C[C@H](c1ccncc1)N1CCC(NCc2cccc([N+](=O)[O-])c2)CC1. The van der Waals surface area contributed by atoms with Crippen molar-refractivity contribution in [2.24, 2.45) is 0 Å². The smallest absolute Gasteiger partial charge is 0.269 e. The minimum absolute atomic E-state index is 0.153. The number of pyridine rings is 1. The first kappa shape index (κ1) is 17.5. The number of nitro benzene ring substituents is 1. The molecule has 6 heteroatoms. The zero-order valence-electron chi connectivity index (χ0n) is 14.5. The van der Waals surface area contributed by atoms with Gasteiger partial charge in [-0.05, 0) is 43.0 Å². The van der Waals surface area contributed by atoms with Crippen LogP contribution in [0.2, 0.25) is 0 Å². The third-order valence-corrected chi connectivity index (χ3v) is 4.98. The van der Waals surface area contributed by atoms with E-state index in [0.717, 1.165) is 31.5 Å². The van der Waals surface area contributed by atoms with Crippen molar-refractivity contribution in [3.63, 3.8) is 0 Å². The molecule has 0 aliphatic carbocycles. The maximum Gasteiger partial charge on any atom is 0.269 e. The summed E-state index contributed by atoms with van der Waals surface area (Å²) in [6.45, 7) is 5.02. The summed E-state index contributed by atoms with van der Waals surface area (Å²) in [6, 6.07) is 11.9. The quantitative estimate of drug-likeness (QED) is 0.645. The Kier molecular flexibility index (Phi) is 5.73. The fourth-order valence-corrected chi connectivity index (χ4v) is 3.39. The predicted molar refractivity (Wildman–Crippen MR) is 97.2 cm³/mol. The Morgan fingerprint density at radius 2 is 2.00 bits per heavy atom. The van der Waals surface area contributed by atoms with Crippen molar-refractivity contribution in [2.75, 3.05) is 13.1 Å². The molecule has 0 saturated carbocycles. The van der Waals surface area contributed by atoms with Crippen LogP contribution in [0.5, 0.6) is 0 Å². The molecule has 1 aromatic heterocycles. The lowest BCUT2D eigenvalue weighted by molar-refractivity contribution is -0.384. The van der Waals surface area contributed by atoms with Gasteiger partial charge >= 0.3 is 0 Å². The molecule has 1 fully saturated rings. The molecule has 1 N–H and O–H groups in total. The van der Waals surface area contributed by atoms with E-state index in [9.17, 15) is 10.1 Å². The van der Waals surface area contributed by atoms with Crippen LogP contribution in [0.25, 0.3) is 0 Å².